The molecule has 0 bridgehead atoms. The van der Waals surface area contributed by atoms with Crippen LogP contribution in [-0.4, -0.2) is 35.8 Å². The van der Waals surface area contributed by atoms with Gasteiger partial charge in [-0.2, -0.15) is 5.26 Å². The highest BCUT2D eigenvalue weighted by atomic mass is 19.1. The number of nitrogens with zero attached hydrogens (tertiary/aromatic N) is 3. The van der Waals surface area contributed by atoms with Gasteiger partial charge in [-0.3, -0.25) is 4.98 Å². The van der Waals surface area contributed by atoms with E-state index in [2.05, 4.69) is 17.2 Å². The van der Waals surface area contributed by atoms with Gasteiger partial charge in [-0.1, -0.05) is 6.92 Å². The third-order valence-corrected chi connectivity index (χ3v) is 4.66. The van der Waals surface area contributed by atoms with Gasteiger partial charge in [0.05, 0.1) is 5.52 Å². The van der Waals surface area contributed by atoms with Crippen LogP contribution in [0.2, 0.25) is 0 Å². The fraction of sp³-hybridized carbons (Fsp3) is 0.476. The molecule has 1 N–H and O–H groups in total. The Labute approximate surface area is 164 Å². The topological polar surface area (TPSA) is 78.2 Å². The minimum absolute atomic E-state index is 0.0483. The summed E-state index contributed by atoms with van der Waals surface area (Å²) in [5.41, 5.74) is 0.423. The molecule has 0 radical (unpaired) electrons. The van der Waals surface area contributed by atoms with Crippen LogP contribution in [0.25, 0.3) is 10.9 Å². The number of amides is 1. The Bertz CT molecular complexity index is 932. The van der Waals surface area contributed by atoms with E-state index < -0.39 is 17.5 Å². The van der Waals surface area contributed by atoms with Crippen molar-refractivity contribution >= 4 is 22.7 Å². The van der Waals surface area contributed by atoms with E-state index in [0.29, 0.717) is 23.7 Å². The molecule has 0 saturated carbocycles. The Kier molecular flexibility index (Phi) is 5.41. The summed E-state index contributed by atoms with van der Waals surface area (Å²) in [6.45, 7) is 8.81. The summed E-state index contributed by atoms with van der Waals surface area (Å²) in [4.78, 5) is 18.4. The molecule has 7 heteroatoms. The van der Waals surface area contributed by atoms with Crippen molar-refractivity contribution in [2.45, 2.75) is 45.8 Å². The SMILES string of the molecule is CC1CC(NC(=O)OC(C)(C)C)CN(c2cc(F)c(C#N)c3ncccc23)C1. The van der Waals surface area contributed by atoms with E-state index >= 15 is 0 Å². The number of nitrogens with one attached hydrogen (secondary N) is 1. The van der Waals surface area contributed by atoms with Crippen LogP contribution in [0.15, 0.2) is 24.4 Å². The van der Waals surface area contributed by atoms with Crippen molar-refractivity contribution in [3.8, 4) is 6.07 Å². The third-order valence-electron chi connectivity index (χ3n) is 4.66. The fourth-order valence-electron chi connectivity index (χ4n) is 3.69. The molecule has 2 heterocycles. The summed E-state index contributed by atoms with van der Waals surface area (Å²) in [7, 11) is 0. The van der Waals surface area contributed by atoms with Gasteiger partial charge in [-0.25, -0.2) is 9.18 Å². The van der Waals surface area contributed by atoms with Gasteiger partial charge in [-0.15, -0.1) is 0 Å². The van der Waals surface area contributed by atoms with Crippen molar-refractivity contribution < 1.29 is 13.9 Å². The minimum Gasteiger partial charge on any atom is -0.444 e. The van der Waals surface area contributed by atoms with E-state index in [1.54, 1.807) is 12.3 Å². The number of carbonyl (C=O) groups excluding carboxylic acids is 1. The Balaban J connectivity index is 1.89. The average Bonchev–Trinajstić information content (AvgIpc) is 2.58. The molecule has 1 fully saturated rings. The number of hydrogen-bond acceptors (Lipinski definition) is 5. The molecule has 6 nitrogen and oxygen atoms in total. The minimum atomic E-state index is -0.585. The van der Waals surface area contributed by atoms with Crippen LogP contribution in [0, 0.1) is 23.1 Å². The molecular weight excluding hydrogens is 359 g/mol. The summed E-state index contributed by atoms with van der Waals surface area (Å²) < 4.78 is 19.9. The summed E-state index contributed by atoms with van der Waals surface area (Å²) >= 11 is 0. The lowest BCUT2D eigenvalue weighted by Crippen LogP contribution is -2.51. The van der Waals surface area contributed by atoms with Crippen molar-refractivity contribution in [2.75, 3.05) is 18.0 Å². The molecule has 1 aliphatic heterocycles. The molecule has 1 aromatic heterocycles. The van der Waals surface area contributed by atoms with Crippen molar-refractivity contribution in [2.24, 2.45) is 5.92 Å². The summed E-state index contributed by atoms with van der Waals surface area (Å²) in [5, 5.41) is 12.9. The second-order valence-electron chi connectivity index (χ2n) is 8.35. The van der Waals surface area contributed by atoms with Crippen LogP contribution in [0.3, 0.4) is 0 Å². The predicted molar refractivity (Wildman–Crippen MR) is 106 cm³/mol. The first-order valence-corrected chi connectivity index (χ1v) is 9.39. The van der Waals surface area contributed by atoms with E-state index in [0.717, 1.165) is 18.4 Å². The zero-order chi connectivity index (χ0) is 20.5. The number of pyridine rings is 1. The van der Waals surface area contributed by atoms with E-state index in [1.165, 1.54) is 6.07 Å². The molecule has 0 spiro atoms. The number of carbonyl (C=O) groups is 1. The van der Waals surface area contributed by atoms with Crippen molar-refractivity contribution in [3.63, 3.8) is 0 Å². The molecule has 1 amide bonds. The number of ether oxygens (including phenoxy) is 1. The number of halogens is 1. The lowest BCUT2D eigenvalue weighted by Gasteiger charge is -2.39. The molecule has 28 heavy (non-hydrogen) atoms. The molecule has 2 aromatic rings. The Hall–Kier alpha value is -2.88. The highest BCUT2D eigenvalue weighted by Crippen LogP contribution is 2.33. The van der Waals surface area contributed by atoms with Crippen LogP contribution < -0.4 is 10.2 Å². The number of anilines is 1. The first-order valence-electron chi connectivity index (χ1n) is 9.39. The standard InChI is InChI=1S/C21H25FN4O2/c1-13-8-14(25-20(27)28-21(2,3)4)12-26(11-13)18-9-17(22)16(10-23)19-15(18)6-5-7-24-19/h5-7,9,13-14H,8,11-12H2,1-4H3,(H,25,27). The van der Waals surface area contributed by atoms with Gasteiger partial charge >= 0.3 is 6.09 Å². The Morgan fingerprint density at radius 1 is 1.43 bits per heavy atom. The zero-order valence-corrected chi connectivity index (χ0v) is 16.6. The number of hydrogen-bond donors (Lipinski definition) is 1. The lowest BCUT2D eigenvalue weighted by atomic mass is 9.94. The van der Waals surface area contributed by atoms with Crippen molar-refractivity contribution in [1.82, 2.24) is 10.3 Å². The number of fused-ring (bicyclic) bond motifs is 1. The molecule has 0 aliphatic carbocycles. The van der Waals surface area contributed by atoms with Gasteiger partial charge in [-0.05, 0) is 51.3 Å². The quantitative estimate of drug-likeness (QED) is 0.847. The number of nitriles is 1. The van der Waals surface area contributed by atoms with Crippen LogP contribution in [0.4, 0.5) is 14.9 Å². The van der Waals surface area contributed by atoms with Gasteiger partial charge in [0, 0.05) is 36.4 Å². The number of piperidine rings is 1. The molecule has 148 valence electrons. The first-order chi connectivity index (χ1) is 13.2. The van der Waals surface area contributed by atoms with Crippen LogP contribution in [0.1, 0.15) is 39.7 Å². The highest BCUT2D eigenvalue weighted by molar-refractivity contribution is 5.95. The molecule has 2 unspecified atom stereocenters. The fourth-order valence-corrected chi connectivity index (χ4v) is 3.69. The number of alkyl carbamates (subject to hydrolysis) is 1. The normalized spacial score (nSPS) is 19.9. The second kappa shape index (κ2) is 7.63. The zero-order valence-electron chi connectivity index (χ0n) is 16.6. The molecule has 1 saturated heterocycles. The maximum Gasteiger partial charge on any atom is 0.407 e. The average molecular weight is 384 g/mol. The largest absolute Gasteiger partial charge is 0.444 e. The first kappa shape index (κ1) is 19.9. The molecule has 1 aromatic carbocycles. The molecule has 1 aliphatic rings. The number of aromatic nitrogens is 1. The van der Waals surface area contributed by atoms with Gasteiger partial charge in [0.1, 0.15) is 23.1 Å². The van der Waals surface area contributed by atoms with E-state index in [9.17, 15) is 14.4 Å². The number of benzene rings is 1. The summed E-state index contributed by atoms with van der Waals surface area (Å²) in [6.07, 6.45) is 1.91. The van der Waals surface area contributed by atoms with Crippen LogP contribution in [-0.2, 0) is 4.74 Å². The summed E-state index contributed by atoms with van der Waals surface area (Å²) in [6, 6.07) is 6.79. The maximum atomic E-state index is 14.5. The van der Waals surface area contributed by atoms with Gasteiger partial charge in [0.15, 0.2) is 0 Å². The van der Waals surface area contributed by atoms with Gasteiger partial charge < -0.3 is 15.0 Å². The maximum absolute atomic E-state index is 14.5. The third kappa shape index (κ3) is 4.33. The summed E-state index contributed by atoms with van der Waals surface area (Å²) in [5.74, 6) is -0.294. The second-order valence-corrected chi connectivity index (χ2v) is 8.35. The number of rotatable bonds is 2. The highest BCUT2D eigenvalue weighted by Gasteiger charge is 2.29. The van der Waals surface area contributed by atoms with Crippen LogP contribution in [0.5, 0.6) is 0 Å². The smallest absolute Gasteiger partial charge is 0.407 e. The monoisotopic (exact) mass is 384 g/mol. The van der Waals surface area contributed by atoms with Crippen LogP contribution >= 0.6 is 0 Å². The molecule has 3 rings (SSSR count). The van der Waals surface area contributed by atoms with Crippen molar-refractivity contribution in [1.29, 1.82) is 5.26 Å². The van der Waals surface area contributed by atoms with Gasteiger partial charge in [0.2, 0.25) is 0 Å². The lowest BCUT2D eigenvalue weighted by molar-refractivity contribution is 0.0495. The van der Waals surface area contributed by atoms with E-state index in [-0.39, 0.29) is 11.6 Å². The Morgan fingerprint density at radius 2 is 2.18 bits per heavy atom. The Morgan fingerprint density at radius 3 is 2.86 bits per heavy atom. The predicted octanol–water partition coefficient (Wildman–Crippen LogP) is 3.99. The molecule has 2 atom stereocenters. The van der Waals surface area contributed by atoms with Crippen molar-refractivity contribution in [3.05, 3.63) is 35.8 Å². The molecular formula is C21H25FN4O2. The van der Waals surface area contributed by atoms with Gasteiger partial charge in [0.25, 0.3) is 0 Å². The van der Waals surface area contributed by atoms with E-state index in [4.69, 9.17) is 4.74 Å². The van der Waals surface area contributed by atoms with E-state index in [1.807, 2.05) is 37.8 Å².